The summed E-state index contributed by atoms with van der Waals surface area (Å²) in [7, 11) is 0. The fourth-order valence-corrected chi connectivity index (χ4v) is 2.89. The average Bonchev–Trinajstić information content (AvgIpc) is 2.38. The Morgan fingerprint density at radius 2 is 2.00 bits per heavy atom. The molecule has 6 heteroatoms. The number of piperidine rings is 1. The minimum atomic E-state index is -0.358. The molecule has 4 nitrogen and oxygen atoms in total. The van der Waals surface area contributed by atoms with Gasteiger partial charge in [-0.3, -0.25) is 9.69 Å². The van der Waals surface area contributed by atoms with Crippen molar-refractivity contribution in [2.75, 3.05) is 19.6 Å². The molecule has 1 aliphatic heterocycles. The molecule has 0 radical (unpaired) electrons. The Morgan fingerprint density at radius 1 is 1.33 bits per heavy atom. The Morgan fingerprint density at radius 3 is 2.57 bits per heavy atom. The highest BCUT2D eigenvalue weighted by molar-refractivity contribution is 5.85. The molecule has 1 heterocycles. The number of likely N-dealkylation sites (tertiary alicyclic amines) is 1. The fraction of sp³-hybridized carbons (Fsp3) is 0.933. The summed E-state index contributed by atoms with van der Waals surface area (Å²) in [6.45, 7) is 9.28. The van der Waals surface area contributed by atoms with Crippen molar-refractivity contribution in [3.8, 4) is 0 Å². The second-order valence-electron chi connectivity index (χ2n) is 6.12. The van der Waals surface area contributed by atoms with E-state index in [0.717, 1.165) is 19.5 Å². The summed E-state index contributed by atoms with van der Waals surface area (Å²) in [5, 5.41) is 2.97. The summed E-state index contributed by atoms with van der Waals surface area (Å²) in [6, 6.07) is 0.346. The zero-order valence-electron chi connectivity index (χ0n) is 13.6. The lowest BCUT2D eigenvalue weighted by molar-refractivity contribution is -0.122. The van der Waals surface area contributed by atoms with Gasteiger partial charge in [0.05, 0.1) is 6.04 Å². The zero-order chi connectivity index (χ0) is 14.3. The van der Waals surface area contributed by atoms with E-state index < -0.39 is 0 Å². The minimum absolute atomic E-state index is 0. The van der Waals surface area contributed by atoms with Crippen LogP contribution in [0.25, 0.3) is 0 Å². The van der Waals surface area contributed by atoms with Crippen LogP contribution in [-0.2, 0) is 4.79 Å². The van der Waals surface area contributed by atoms with Crippen molar-refractivity contribution in [2.24, 2.45) is 11.7 Å². The Balaban J connectivity index is 0. The van der Waals surface area contributed by atoms with Crippen molar-refractivity contribution in [3.05, 3.63) is 0 Å². The molecule has 0 aromatic rings. The van der Waals surface area contributed by atoms with E-state index in [4.69, 9.17) is 5.73 Å². The van der Waals surface area contributed by atoms with Gasteiger partial charge in [0.15, 0.2) is 0 Å². The first-order chi connectivity index (χ1) is 9.04. The Bertz CT molecular complexity index is 278. The van der Waals surface area contributed by atoms with Gasteiger partial charge in [0.1, 0.15) is 0 Å². The van der Waals surface area contributed by atoms with Crippen LogP contribution in [0.2, 0.25) is 0 Å². The number of rotatable bonds is 7. The number of hydrogen-bond acceptors (Lipinski definition) is 3. The summed E-state index contributed by atoms with van der Waals surface area (Å²) in [5.41, 5.74) is 5.87. The first kappa shape index (κ1) is 23.2. The number of carbonyl (C=O) groups is 1. The highest BCUT2D eigenvalue weighted by Crippen LogP contribution is 2.18. The van der Waals surface area contributed by atoms with Gasteiger partial charge in [0.25, 0.3) is 0 Å². The molecule has 0 aliphatic carbocycles. The topological polar surface area (TPSA) is 58.4 Å². The number of hydrogen-bond donors (Lipinski definition) is 2. The monoisotopic (exact) mass is 341 g/mol. The molecule has 1 saturated heterocycles. The van der Waals surface area contributed by atoms with Gasteiger partial charge >= 0.3 is 0 Å². The van der Waals surface area contributed by atoms with E-state index in [1.54, 1.807) is 0 Å². The normalized spacial score (nSPS) is 20.3. The molecular weight excluding hydrogens is 309 g/mol. The number of amides is 1. The van der Waals surface area contributed by atoms with E-state index in [1.807, 2.05) is 0 Å². The maximum atomic E-state index is 11.8. The van der Waals surface area contributed by atoms with Crippen LogP contribution in [0.5, 0.6) is 0 Å². The van der Waals surface area contributed by atoms with Crippen molar-refractivity contribution < 1.29 is 4.79 Å². The zero-order valence-corrected chi connectivity index (χ0v) is 15.3. The van der Waals surface area contributed by atoms with Crippen LogP contribution in [0, 0.1) is 5.92 Å². The number of carbonyl (C=O) groups excluding carboxylic acids is 1. The molecule has 0 aromatic heterocycles. The standard InChI is InChI=1S/C15H31N3O.2ClH/c1-4-13-7-5-6-9-18(13)10-8-17-15(19)14(16)11-12(2)3;;/h12-14H,4-11,16H2,1-3H3,(H,17,19);2*1H/t13?,14-;;/m0../s1. The molecule has 2 atom stereocenters. The summed E-state index contributed by atoms with van der Waals surface area (Å²) in [5.74, 6) is 0.464. The van der Waals surface area contributed by atoms with E-state index in [0.29, 0.717) is 12.0 Å². The Kier molecular flexibility index (Phi) is 13.8. The molecule has 1 rings (SSSR count). The number of nitrogens with two attached hydrogens (primary N) is 1. The van der Waals surface area contributed by atoms with Crippen LogP contribution < -0.4 is 11.1 Å². The summed E-state index contributed by atoms with van der Waals surface area (Å²) in [4.78, 5) is 14.3. The predicted octanol–water partition coefficient (Wildman–Crippen LogP) is 2.58. The third-order valence-electron chi connectivity index (χ3n) is 3.98. The third kappa shape index (κ3) is 8.87. The van der Waals surface area contributed by atoms with Crippen molar-refractivity contribution in [1.82, 2.24) is 10.2 Å². The lowest BCUT2D eigenvalue weighted by atomic mass is 10.0. The van der Waals surface area contributed by atoms with E-state index in [9.17, 15) is 4.79 Å². The molecule has 1 amide bonds. The van der Waals surface area contributed by atoms with E-state index in [-0.39, 0.29) is 36.8 Å². The van der Waals surface area contributed by atoms with Crippen LogP contribution in [-0.4, -0.2) is 42.5 Å². The molecule has 0 bridgehead atoms. The molecule has 0 aromatic carbocycles. The smallest absolute Gasteiger partial charge is 0.236 e. The first-order valence-corrected chi connectivity index (χ1v) is 7.82. The highest BCUT2D eigenvalue weighted by atomic mass is 35.5. The molecule has 21 heavy (non-hydrogen) atoms. The second-order valence-corrected chi connectivity index (χ2v) is 6.12. The fourth-order valence-electron chi connectivity index (χ4n) is 2.89. The van der Waals surface area contributed by atoms with Crippen LogP contribution >= 0.6 is 24.8 Å². The van der Waals surface area contributed by atoms with Crippen LogP contribution in [0.3, 0.4) is 0 Å². The van der Waals surface area contributed by atoms with Gasteiger partial charge in [-0.1, -0.05) is 27.2 Å². The predicted molar refractivity (Wildman–Crippen MR) is 94.4 cm³/mol. The highest BCUT2D eigenvalue weighted by Gasteiger charge is 2.20. The summed E-state index contributed by atoms with van der Waals surface area (Å²) < 4.78 is 0. The van der Waals surface area contributed by atoms with Crippen molar-refractivity contribution >= 4 is 30.7 Å². The maximum Gasteiger partial charge on any atom is 0.236 e. The van der Waals surface area contributed by atoms with Gasteiger partial charge in [-0.05, 0) is 38.1 Å². The first-order valence-electron chi connectivity index (χ1n) is 7.82. The molecule has 1 fully saturated rings. The molecule has 128 valence electrons. The Hall–Kier alpha value is -0.0300. The maximum absolute atomic E-state index is 11.8. The van der Waals surface area contributed by atoms with E-state index in [2.05, 4.69) is 31.0 Å². The molecule has 3 N–H and O–H groups in total. The van der Waals surface area contributed by atoms with Crippen LogP contribution in [0.1, 0.15) is 52.9 Å². The number of nitrogens with one attached hydrogen (secondary N) is 1. The van der Waals surface area contributed by atoms with Crippen LogP contribution in [0.4, 0.5) is 0 Å². The van der Waals surface area contributed by atoms with Crippen molar-refractivity contribution in [3.63, 3.8) is 0 Å². The summed E-state index contributed by atoms with van der Waals surface area (Å²) in [6.07, 6.45) is 5.91. The van der Waals surface area contributed by atoms with Gasteiger partial charge in [-0.2, -0.15) is 0 Å². The largest absolute Gasteiger partial charge is 0.353 e. The SMILES string of the molecule is CCC1CCCCN1CCNC(=O)[C@@H](N)CC(C)C.Cl.Cl. The molecule has 1 unspecified atom stereocenters. The molecule has 0 saturated carbocycles. The van der Waals surface area contributed by atoms with Gasteiger partial charge < -0.3 is 11.1 Å². The van der Waals surface area contributed by atoms with Gasteiger partial charge in [0.2, 0.25) is 5.91 Å². The van der Waals surface area contributed by atoms with E-state index >= 15 is 0 Å². The molecule has 0 spiro atoms. The average molecular weight is 342 g/mol. The van der Waals surface area contributed by atoms with Crippen molar-refractivity contribution in [2.45, 2.75) is 65.0 Å². The van der Waals surface area contributed by atoms with Gasteiger partial charge in [-0.25, -0.2) is 0 Å². The van der Waals surface area contributed by atoms with E-state index in [1.165, 1.54) is 32.2 Å². The molecule has 1 aliphatic rings. The lowest BCUT2D eigenvalue weighted by Gasteiger charge is -2.35. The van der Waals surface area contributed by atoms with Crippen LogP contribution in [0.15, 0.2) is 0 Å². The third-order valence-corrected chi connectivity index (χ3v) is 3.98. The minimum Gasteiger partial charge on any atom is -0.353 e. The Labute approximate surface area is 142 Å². The summed E-state index contributed by atoms with van der Waals surface area (Å²) >= 11 is 0. The van der Waals surface area contributed by atoms with Gasteiger partial charge in [-0.15, -0.1) is 24.8 Å². The molecular formula is C15H33Cl2N3O. The second kappa shape index (κ2) is 12.5. The number of halogens is 2. The van der Waals surface area contributed by atoms with Gasteiger partial charge in [0, 0.05) is 19.1 Å². The van der Waals surface area contributed by atoms with Crippen molar-refractivity contribution in [1.29, 1.82) is 0 Å². The lowest BCUT2D eigenvalue weighted by Crippen LogP contribution is -2.47. The quantitative estimate of drug-likeness (QED) is 0.748. The number of nitrogens with zero attached hydrogens (tertiary/aromatic N) is 1.